The molecule has 3 aromatic rings. The number of hydrogen-bond donors (Lipinski definition) is 0. The molecule has 0 aliphatic heterocycles. The highest BCUT2D eigenvalue weighted by Crippen LogP contribution is 2.33. The fourth-order valence-electron chi connectivity index (χ4n) is 4.51. The zero-order valence-corrected chi connectivity index (χ0v) is 20.2. The van der Waals surface area contributed by atoms with Crippen LogP contribution in [0, 0.1) is 5.41 Å². The molecule has 0 bridgehead atoms. The van der Waals surface area contributed by atoms with Crippen molar-refractivity contribution in [3.63, 3.8) is 0 Å². The normalized spacial score (nSPS) is 16.0. The van der Waals surface area contributed by atoms with Gasteiger partial charge in [-0.25, -0.2) is 0 Å². The first-order valence-corrected chi connectivity index (χ1v) is 12.1. The first-order chi connectivity index (χ1) is 16.5. The molecule has 0 atom stereocenters. The molecule has 0 saturated carbocycles. The Bertz CT molecular complexity index is 1320. The maximum absolute atomic E-state index is 4.68. The molecular formula is C31H31N3. The molecule has 2 aromatic carbocycles. The van der Waals surface area contributed by atoms with Crippen molar-refractivity contribution in [1.82, 2.24) is 14.8 Å². The van der Waals surface area contributed by atoms with E-state index in [0.717, 1.165) is 47.7 Å². The Balaban J connectivity index is 1.56. The lowest BCUT2D eigenvalue weighted by Gasteiger charge is -2.19. The number of rotatable bonds is 4. The Labute approximate surface area is 202 Å². The smallest absolute Gasteiger partial charge is 0.168 e. The molecule has 0 N–H and O–H groups in total. The van der Waals surface area contributed by atoms with Gasteiger partial charge in [0.25, 0.3) is 0 Å². The fourth-order valence-corrected chi connectivity index (χ4v) is 4.51. The van der Waals surface area contributed by atoms with Crippen LogP contribution in [-0.2, 0) is 0 Å². The lowest BCUT2D eigenvalue weighted by molar-refractivity contribution is 0.515. The van der Waals surface area contributed by atoms with E-state index in [9.17, 15) is 0 Å². The Hall–Kier alpha value is -3.72. The highest BCUT2D eigenvalue weighted by Gasteiger charge is 2.20. The van der Waals surface area contributed by atoms with Gasteiger partial charge in [-0.1, -0.05) is 106 Å². The van der Waals surface area contributed by atoms with Crippen LogP contribution >= 0.6 is 0 Å². The summed E-state index contributed by atoms with van der Waals surface area (Å²) in [5.41, 5.74) is 7.32. The standard InChI is InChI=1S/C31H31N3/c1-31(2,3)27-14-10-13-25(21-22-27)29-32-33-30(34(29)28-15-8-5-9-16-28)26-19-17-24(18-20-26)23-11-6-4-7-12-23/h4-6,8-9,11,13-22H,7,10,12H2,1-3H3. The minimum atomic E-state index is 0.114. The van der Waals surface area contributed by atoms with Crippen molar-refractivity contribution in [3.8, 4) is 17.1 Å². The zero-order valence-electron chi connectivity index (χ0n) is 20.2. The minimum absolute atomic E-state index is 0.114. The van der Waals surface area contributed by atoms with Crippen molar-refractivity contribution < 1.29 is 0 Å². The number of benzene rings is 2. The Morgan fingerprint density at radius 2 is 1.53 bits per heavy atom. The topological polar surface area (TPSA) is 30.7 Å². The second-order valence-corrected chi connectivity index (χ2v) is 9.89. The second-order valence-electron chi connectivity index (χ2n) is 9.89. The molecule has 0 fully saturated rings. The second kappa shape index (κ2) is 9.26. The summed E-state index contributed by atoms with van der Waals surface area (Å²) in [6.07, 6.45) is 18.6. The summed E-state index contributed by atoms with van der Waals surface area (Å²) in [5, 5.41) is 9.36. The average molecular weight is 446 g/mol. The molecule has 3 heteroatoms. The van der Waals surface area contributed by atoms with E-state index in [-0.39, 0.29) is 5.41 Å². The molecule has 34 heavy (non-hydrogen) atoms. The molecule has 0 saturated heterocycles. The quantitative estimate of drug-likeness (QED) is 0.407. The van der Waals surface area contributed by atoms with Crippen molar-refractivity contribution in [2.24, 2.45) is 5.41 Å². The molecule has 0 spiro atoms. The molecule has 2 aliphatic rings. The van der Waals surface area contributed by atoms with Gasteiger partial charge in [-0.3, -0.25) is 4.57 Å². The molecule has 2 aliphatic carbocycles. The Kier molecular flexibility index (Phi) is 6.02. The summed E-state index contributed by atoms with van der Waals surface area (Å²) in [6.45, 7) is 6.76. The van der Waals surface area contributed by atoms with Crippen molar-refractivity contribution in [3.05, 3.63) is 114 Å². The fraction of sp³-hybridized carbons (Fsp3) is 0.226. The van der Waals surface area contributed by atoms with Crippen LogP contribution in [0.15, 0.2) is 103 Å². The third-order valence-corrected chi connectivity index (χ3v) is 6.45. The van der Waals surface area contributed by atoms with Crippen LogP contribution in [0.25, 0.3) is 28.2 Å². The first-order valence-electron chi connectivity index (χ1n) is 12.1. The van der Waals surface area contributed by atoms with Crippen molar-refractivity contribution >= 4 is 11.1 Å². The van der Waals surface area contributed by atoms with Gasteiger partial charge in [0, 0.05) is 16.8 Å². The van der Waals surface area contributed by atoms with Crippen molar-refractivity contribution in [2.45, 2.75) is 40.0 Å². The van der Waals surface area contributed by atoms with Crippen LogP contribution in [0.4, 0.5) is 0 Å². The number of aromatic nitrogens is 3. The first kappa shape index (κ1) is 22.1. The summed E-state index contributed by atoms with van der Waals surface area (Å²) in [4.78, 5) is 0. The van der Waals surface area contributed by atoms with Gasteiger partial charge in [-0.2, -0.15) is 0 Å². The number of nitrogens with zero attached hydrogens (tertiary/aromatic N) is 3. The number of allylic oxidation sites excluding steroid dienone is 10. The van der Waals surface area contributed by atoms with Crippen LogP contribution in [0.2, 0.25) is 0 Å². The zero-order chi connectivity index (χ0) is 23.5. The van der Waals surface area contributed by atoms with Gasteiger partial charge in [0.15, 0.2) is 11.6 Å². The molecule has 0 amide bonds. The van der Waals surface area contributed by atoms with Gasteiger partial charge in [0.2, 0.25) is 0 Å². The molecule has 0 radical (unpaired) electrons. The van der Waals surface area contributed by atoms with E-state index in [1.807, 2.05) is 6.07 Å². The predicted octanol–water partition coefficient (Wildman–Crippen LogP) is 7.98. The molecule has 5 rings (SSSR count). The largest absolute Gasteiger partial charge is 0.275 e. The predicted molar refractivity (Wildman–Crippen MR) is 142 cm³/mol. The number of para-hydroxylation sites is 1. The summed E-state index contributed by atoms with van der Waals surface area (Å²) in [7, 11) is 0. The van der Waals surface area contributed by atoms with Crippen molar-refractivity contribution in [2.75, 3.05) is 0 Å². The third kappa shape index (κ3) is 4.51. The minimum Gasteiger partial charge on any atom is -0.275 e. The molecular weight excluding hydrogens is 414 g/mol. The van der Waals surface area contributed by atoms with Crippen LogP contribution in [0.5, 0.6) is 0 Å². The van der Waals surface area contributed by atoms with Gasteiger partial charge >= 0.3 is 0 Å². The molecule has 0 unspecified atom stereocenters. The van der Waals surface area contributed by atoms with E-state index in [0.29, 0.717) is 0 Å². The summed E-state index contributed by atoms with van der Waals surface area (Å²) in [5.74, 6) is 1.72. The third-order valence-electron chi connectivity index (χ3n) is 6.45. The van der Waals surface area contributed by atoms with Gasteiger partial charge in [-0.05, 0) is 53.5 Å². The summed E-state index contributed by atoms with van der Waals surface area (Å²) >= 11 is 0. The van der Waals surface area contributed by atoms with Gasteiger partial charge in [0.1, 0.15) is 0 Å². The highest BCUT2D eigenvalue weighted by atomic mass is 15.3. The highest BCUT2D eigenvalue weighted by molar-refractivity contribution is 5.76. The van der Waals surface area contributed by atoms with E-state index < -0.39 is 0 Å². The monoisotopic (exact) mass is 445 g/mol. The van der Waals surface area contributed by atoms with Gasteiger partial charge < -0.3 is 0 Å². The molecule has 1 aromatic heterocycles. The maximum Gasteiger partial charge on any atom is 0.168 e. The Morgan fingerprint density at radius 1 is 0.794 bits per heavy atom. The van der Waals surface area contributed by atoms with Crippen molar-refractivity contribution in [1.29, 1.82) is 0 Å². The average Bonchev–Trinajstić information content (AvgIpc) is 3.14. The summed E-state index contributed by atoms with van der Waals surface area (Å²) < 4.78 is 2.18. The SMILES string of the molecule is CC(C)(C)C1=CCC=C(c2nnc(-c3ccc(C4=CC=CCC4)cc3)n2-c2ccccc2)C=C1. The van der Waals surface area contributed by atoms with E-state index in [1.54, 1.807) is 0 Å². The molecule has 1 heterocycles. The van der Waals surface area contributed by atoms with Crippen LogP contribution < -0.4 is 0 Å². The van der Waals surface area contributed by atoms with Gasteiger partial charge in [-0.15, -0.1) is 10.2 Å². The van der Waals surface area contributed by atoms with E-state index >= 15 is 0 Å². The lowest BCUT2D eigenvalue weighted by Crippen LogP contribution is -2.07. The molecule has 170 valence electrons. The van der Waals surface area contributed by atoms with Crippen LogP contribution in [-0.4, -0.2) is 14.8 Å². The summed E-state index contributed by atoms with van der Waals surface area (Å²) in [6, 6.07) is 19.1. The van der Waals surface area contributed by atoms with E-state index in [1.165, 1.54) is 16.7 Å². The molecule has 3 nitrogen and oxygen atoms in total. The Morgan fingerprint density at radius 3 is 2.24 bits per heavy atom. The number of hydrogen-bond acceptors (Lipinski definition) is 2. The van der Waals surface area contributed by atoms with Crippen LogP contribution in [0.3, 0.4) is 0 Å². The lowest BCUT2D eigenvalue weighted by atomic mass is 9.86. The van der Waals surface area contributed by atoms with Crippen LogP contribution in [0.1, 0.15) is 51.4 Å². The van der Waals surface area contributed by atoms with E-state index in [2.05, 4.69) is 127 Å². The van der Waals surface area contributed by atoms with Gasteiger partial charge in [0.05, 0.1) is 0 Å². The van der Waals surface area contributed by atoms with E-state index in [4.69, 9.17) is 0 Å². The maximum atomic E-state index is 4.68.